The standard InChI is InChI=1S/C6H6O4S.Na.2H2O/c7-5-1-3-6(4-2-5)11(8,9)10;;;/h1-4,7H,(H,8,9,10);;2*1H2/q;+1;;. The van der Waals surface area contributed by atoms with Crippen LogP contribution in [0.4, 0.5) is 0 Å². The summed E-state index contributed by atoms with van der Waals surface area (Å²) in [7, 11) is -4.13. The number of phenols is 1. The zero-order valence-electron chi connectivity index (χ0n) is 7.43. The van der Waals surface area contributed by atoms with Crippen molar-refractivity contribution >= 4 is 10.1 Å². The van der Waals surface area contributed by atoms with E-state index in [9.17, 15) is 8.42 Å². The normalized spacial score (nSPS) is 8.93. The van der Waals surface area contributed by atoms with E-state index >= 15 is 0 Å². The van der Waals surface area contributed by atoms with Crippen LogP contribution in [0.25, 0.3) is 0 Å². The van der Waals surface area contributed by atoms with E-state index < -0.39 is 10.1 Å². The van der Waals surface area contributed by atoms with Gasteiger partial charge in [0.15, 0.2) is 0 Å². The van der Waals surface area contributed by atoms with Gasteiger partial charge in [0, 0.05) is 0 Å². The summed E-state index contributed by atoms with van der Waals surface area (Å²) in [5, 5.41) is 8.75. The quantitative estimate of drug-likeness (QED) is 0.377. The summed E-state index contributed by atoms with van der Waals surface area (Å²) in [6, 6.07) is 4.60. The fourth-order valence-electron chi connectivity index (χ4n) is 0.618. The molecule has 0 aliphatic rings. The predicted octanol–water partition coefficient (Wildman–Crippen LogP) is -4.01. The molecule has 1 aromatic rings. The third kappa shape index (κ3) is 5.55. The van der Waals surface area contributed by atoms with Crippen molar-refractivity contribution in [2.75, 3.05) is 0 Å². The average Bonchev–Trinajstić information content (AvgIpc) is 1.86. The third-order valence-electron chi connectivity index (χ3n) is 1.13. The fourth-order valence-corrected chi connectivity index (χ4v) is 1.10. The molecule has 0 saturated heterocycles. The van der Waals surface area contributed by atoms with Crippen LogP contribution in [-0.2, 0) is 10.1 Å². The van der Waals surface area contributed by atoms with E-state index in [0.717, 1.165) is 12.1 Å². The first-order valence-corrected chi connectivity index (χ1v) is 4.21. The van der Waals surface area contributed by atoms with Crippen molar-refractivity contribution in [1.82, 2.24) is 0 Å². The molecule has 0 spiro atoms. The molecule has 0 saturated carbocycles. The van der Waals surface area contributed by atoms with Crippen molar-refractivity contribution in [2.24, 2.45) is 0 Å². The summed E-state index contributed by atoms with van der Waals surface area (Å²) in [6.45, 7) is 0. The number of phenolic OH excluding ortho intramolecular Hbond substituents is 1. The van der Waals surface area contributed by atoms with Crippen molar-refractivity contribution in [3.05, 3.63) is 24.3 Å². The van der Waals surface area contributed by atoms with Gasteiger partial charge in [-0.1, -0.05) is 0 Å². The maximum absolute atomic E-state index is 10.4. The zero-order valence-corrected chi connectivity index (χ0v) is 10.2. The molecule has 6 nitrogen and oxygen atoms in total. The Morgan fingerprint density at radius 1 is 1.00 bits per heavy atom. The maximum Gasteiger partial charge on any atom is 1.00 e. The Hall–Kier alpha value is -0.150. The zero-order chi connectivity index (χ0) is 8.48. The Morgan fingerprint density at radius 2 is 1.36 bits per heavy atom. The molecular weight excluding hydrogens is 223 g/mol. The third-order valence-corrected chi connectivity index (χ3v) is 2.00. The molecule has 0 unspecified atom stereocenters. The van der Waals surface area contributed by atoms with E-state index in [0.29, 0.717) is 0 Å². The van der Waals surface area contributed by atoms with Crippen LogP contribution in [0.5, 0.6) is 5.75 Å². The second kappa shape index (κ2) is 7.18. The molecule has 0 atom stereocenters. The van der Waals surface area contributed by atoms with E-state index in [4.69, 9.17) is 9.66 Å². The summed E-state index contributed by atoms with van der Waals surface area (Å²) in [5.74, 6) is -0.0441. The molecule has 0 aromatic heterocycles. The number of hydrogen-bond acceptors (Lipinski definition) is 3. The molecule has 0 bridgehead atoms. The maximum atomic E-state index is 10.4. The Kier molecular flexibility index (Phi) is 9.97. The van der Waals surface area contributed by atoms with Gasteiger partial charge in [0.2, 0.25) is 0 Å². The monoisotopic (exact) mass is 233 g/mol. The van der Waals surface area contributed by atoms with Crippen LogP contribution in [0.3, 0.4) is 0 Å². The van der Waals surface area contributed by atoms with Gasteiger partial charge in [0.05, 0.1) is 4.90 Å². The molecule has 76 valence electrons. The van der Waals surface area contributed by atoms with Gasteiger partial charge in [0.1, 0.15) is 5.75 Å². The second-order valence-electron chi connectivity index (χ2n) is 1.97. The van der Waals surface area contributed by atoms with Gasteiger partial charge in [-0.2, -0.15) is 8.42 Å². The van der Waals surface area contributed by atoms with Gasteiger partial charge in [0.25, 0.3) is 10.1 Å². The fraction of sp³-hybridized carbons (Fsp3) is 0. The van der Waals surface area contributed by atoms with Crippen molar-refractivity contribution in [3.63, 3.8) is 0 Å². The molecule has 0 fully saturated rings. The van der Waals surface area contributed by atoms with E-state index in [-0.39, 0.29) is 51.2 Å². The summed E-state index contributed by atoms with van der Waals surface area (Å²) in [6.07, 6.45) is 0. The topological polar surface area (TPSA) is 138 Å². The molecule has 0 heterocycles. The Bertz CT molecular complexity index is 345. The summed E-state index contributed by atoms with van der Waals surface area (Å²) < 4.78 is 29.3. The SMILES string of the molecule is O.O.O=S(=O)(O)c1ccc(O)cc1.[Na+]. The van der Waals surface area contributed by atoms with Gasteiger partial charge in [-0.15, -0.1) is 0 Å². The Balaban J connectivity index is -0.000000403. The molecular formula is C6H10NaO6S+. The minimum absolute atomic E-state index is 0. The molecule has 0 radical (unpaired) electrons. The van der Waals surface area contributed by atoms with Crippen LogP contribution in [0.1, 0.15) is 0 Å². The number of hydrogen-bond donors (Lipinski definition) is 2. The Labute approximate surface area is 103 Å². The minimum atomic E-state index is -4.13. The molecule has 1 rings (SSSR count). The van der Waals surface area contributed by atoms with Gasteiger partial charge >= 0.3 is 29.6 Å². The van der Waals surface area contributed by atoms with Crippen molar-refractivity contribution in [3.8, 4) is 5.75 Å². The molecule has 0 aliphatic carbocycles. The predicted molar refractivity (Wildman–Crippen MR) is 45.1 cm³/mol. The van der Waals surface area contributed by atoms with Gasteiger partial charge in [-0.3, -0.25) is 4.55 Å². The van der Waals surface area contributed by atoms with Crippen LogP contribution < -0.4 is 29.6 Å². The van der Waals surface area contributed by atoms with E-state index in [1.807, 2.05) is 0 Å². The first-order valence-electron chi connectivity index (χ1n) is 2.77. The van der Waals surface area contributed by atoms with Gasteiger partial charge in [-0.25, -0.2) is 0 Å². The van der Waals surface area contributed by atoms with E-state index in [1.54, 1.807) is 0 Å². The summed E-state index contributed by atoms with van der Waals surface area (Å²) >= 11 is 0. The molecule has 8 heteroatoms. The molecule has 0 amide bonds. The van der Waals surface area contributed by atoms with E-state index in [2.05, 4.69) is 0 Å². The van der Waals surface area contributed by atoms with Crippen LogP contribution >= 0.6 is 0 Å². The molecule has 1 aromatic carbocycles. The van der Waals surface area contributed by atoms with Crippen LogP contribution in [0, 0.1) is 0 Å². The molecule has 0 aliphatic heterocycles. The average molecular weight is 233 g/mol. The molecule has 6 N–H and O–H groups in total. The number of rotatable bonds is 1. The van der Waals surface area contributed by atoms with Crippen LogP contribution in [0.2, 0.25) is 0 Å². The number of aromatic hydroxyl groups is 1. The van der Waals surface area contributed by atoms with Gasteiger partial charge in [-0.05, 0) is 24.3 Å². The van der Waals surface area contributed by atoms with Crippen LogP contribution in [0.15, 0.2) is 29.2 Å². The van der Waals surface area contributed by atoms with Crippen molar-refractivity contribution in [2.45, 2.75) is 4.90 Å². The smallest absolute Gasteiger partial charge is 0.508 e. The van der Waals surface area contributed by atoms with Crippen molar-refractivity contribution in [1.29, 1.82) is 0 Å². The molecule has 14 heavy (non-hydrogen) atoms. The summed E-state index contributed by atoms with van der Waals surface area (Å²) in [4.78, 5) is -0.227. The van der Waals surface area contributed by atoms with E-state index in [1.165, 1.54) is 12.1 Å². The number of benzene rings is 1. The second-order valence-corrected chi connectivity index (χ2v) is 3.39. The summed E-state index contributed by atoms with van der Waals surface area (Å²) in [5.41, 5.74) is 0. The largest absolute Gasteiger partial charge is 1.00 e. The van der Waals surface area contributed by atoms with Gasteiger partial charge < -0.3 is 16.1 Å². The Morgan fingerprint density at radius 3 is 1.64 bits per heavy atom. The first-order chi connectivity index (χ1) is 5.00. The minimum Gasteiger partial charge on any atom is -0.508 e. The van der Waals surface area contributed by atoms with Crippen LogP contribution in [-0.4, -0.2) is 29.0 Å². The first kappa shape index (κ1) is 19.4. The van der Waals surface area contributed by atoms with Crippen molar-refractivity contribution < 1.29 is 58.6 Å².